The molecule has 0 aliphatic carbocycles. The molecule has 0 bridgehead atoms. The number of rotatable bonds is 7. The summed E-state index contributed by atoms with van der Waals surface area (Å²) < 4.78 is 74.2. The van der Waals surface area contributed by atoms with Gasteiger partial charge in [0, 0.05) is 29.6 Å². The average molecular weight is 503 g/mol. The van der Waals surface area contributed by atoms with Crippen LogP contribution in [-0.4, -0.2) is 24.8 Å². The van der Waals surface area contributed by atoms with E-state index in [4.69, 9.17) is 4.74 Å². The van der Waals surface area contributed by atoms with Gasteiger partial charge in [0.15, 0.2) is 0 Å². The Balaban J connectivity index is 1.83. The number of fused-ring (bicyclic) bond motifs is 1. The Hall–Kier alpha value is -3.63. The lowest BCUT2D eigenvalue weighted by atomic mass is 10.1. The highest BCUT2D eigenvalue weighted by Crippen LogP contribution is 2.36. The third-order valence-corrected chi connectivity index (χ3v) is 7.34. The third kappa shape index (κ3) is 5.23. The van der Waals surface area contributed by atoms with E-state index < -0.39 is 38.8 Å². The van der Waals surface area contributed by atoms with E-state index in [0.29, 0.717) is 22.2 Å². The predicted octanol–water partition coefficient (Wildman–Crippen LogP) is 4.95. The first-order valence-electron chi connectivity index (χ1n) is 10.5. The summed E-state index contributed by atoms with van der Waals surface area (Å²) in [6.07, 6.45) is -4.88. The van der Waals surface area contributed by atoms with Gasteiger partial charge in [-0.05, 0) is 42.0 Å². The minimum atomic E-state index is -4.88. The van der Waals surface area contributed by atoms with Crippen LogP contribution < -0.4 is 10.3 Å². The fraction of sp³-hybridized carbons (Fsp3) is 0.160. The molecule has 0 saturated carbocycles. The van der Waals surface area contributed by atoms with Gasteiger partial charge in [-0.15, -0.1) is 0 Å². The Morgan fingerprint density at radius 3 is 2.29 bits per heavy atom. The quantitative estimate of drug-likeness (QED) is 0.388. The van der Waals surface area contributed by atoms with Crippen LogP contribution in [0, 0.1) is 0 Å². The number of halogens is 3. The zero-order chi connectivity index (χ0) is 25.2. The van der Waals surface area contributed by atoms with Gasteiger partial charge in [0.2, 0.25) is 10.0 Å². The smallest absolute Gasteiger partial charge is 0.417 e. The molecule has 4 aromatic rings. The van der Waals surface area contributed by atoms with Gasteiger partial charge in [0.1, 0.15) is 5.75 Å². The van der Waals surface area contributed by atoms with E-state index in [-0.39, 0.29) is 12.1 Å². The maximum absolute atomic E-state index is 13.7. The second-order valence-electron chi connectivity index (χ2n) is 7.83. The number of alkyl halides is 3. The summed E-state index contributed by atoms with van der Waals surface area (Å²) in [7, 11) is -3.17. The van der Waals surface area contributed by atoms with Crippen molar-refractivity contribution in [1.82, 2.24) is 9.29 Å². The molecule has 3 aromatic carbocycles. The van der Waals surface area contributed by atoms with Crippen molar-refractivity contribution >= 4 is 20.9 Å². The molecule has 6 nitrogen and oxygen atoms in total. The maximum atomic E-state index is 13.7. The number of pyridine rings is 1. The summed E-state index contributed by atoms with van der Waals surface area (Å²) in [4.78, 5) is 14.6. The van der Waals surface area contributed by atoms with Crippen molar-refractivity contribution in [3.05, 3.63) is 106 Å². The monoisotopic (exact) mass is 502 g/mol. The van der Waals surface area contributed by atoms with E-state index in [9.17, 15) is 26.4 Å². The molecule has 0 atom stereocenters. The largest absolute Gasteiger partial charge is 0.497 e. The van der Waals surface area contributed by atoms with E-state index in [1.165, 1.54) is 19.2 Å². The van der Waals surface area contributed by atoms with Crippen LogP contribution in [0.25, 0.3) is 10.9 Å². The normalized spacial score (nSPS) is 12.3. The van der Waals surface area contributed by atoms with Crippen LogP contribution >= 0.6 is 0 Å². The number of hydrogen-bond acceptors (Lipinski definition) is 4. The molecule has 1 heterocycles. The van der Waals surface area contributed by atoms with Gasteiger partial charge in [0.25, 0.3) is 5.56 Å². The SMILES string of the molecule is COc1ccc2[nH]c(=O)c(CN(Cc3ccccc3)S(=O)(=O)c3ccccc3C(F)(F)F)cc2c1. The molecule has 0 amide bonds. The Bertz CT molecular complexity index is 1520. The van der Waals surface area contributed by atoms with Crippen molar-refractivity contribution in [3.8, 4) is 5.75 Å². The number of benzene rings is 3. The summed E-state index contributed by atoms with van der Waals surface area (Å²) in [5.41, 5.74) is -0.663. The predicted molar refractivity (Wildman–Crippen MR) is 125 cm³/mol. The molecule has 0 spiro atoms. The van der Waals surface area contributed by atoms with Crippen molar-refractivity contribution in [2.45, 2.75) is 24.2 Å². The lowest BCUT2D eigenvalue weighted by molar-refractivity contribution is -0.139. The van der Waals surface area contributed by atoms with Crippen LogP contribution in [0.5, 0.6) is 5.75 Å². The average Bonchev–Trinajstić information content (AvgIpc) is 2.84. The Morgan fingerprint density at radius 2 is 1.60 bits per heavy atom. The number of methoxy groups -OCH3 is 1. The Morgan fingerprint density at radius 1 is 0.914 bits per heavy atom. The number of nitrogens with zero attached hydrogens (tertiary/aromatic N) is 1. The van der Waals surface area contributed by atoms with Gasteiger partial charge in [-0.3, -0.25) is 4.79 Å². The number of H-pyrrole nitrogens is 1. The van der Waals surface area contributed by atoms with Crippen LogP contribution in [0.1, 0.15) is 16.7 Å². The van der Waals surface area contributed by atoms with Crippen molar-refractivity contribution < 1.29 is 26.3 Å². The summed E-state index contributed by atoms with van der Waals surface area (Å²) in [6.45, 7) is -0.670. The Labute approximate surface area is 199 Å². The van der Waals surface area contributed by atoms with Crippen LogP contribution in [0.15, 0.2) is 88.6 Å². The van der Waals surface area contributed by atoms with Crippen LogP contribution in [0.3, 0.4) is 0 Å². The number of ether oxygens (including phenoxy) is 1. The molecule has 0 unspecified atom stereocenters. The van der Waals surface area contributed by atoms with E-state index in [0.717, 1.165) is 22.5 Å². The zero-order valence-electron chi connectivity index (χ0n) is 18.5. The lowest BCUT2D eigenvalue weighted by Crippen LogP contribution is -2.33. The molecule has 0 fully saturated rings. The molecule has 4 rings (SSSR count). The van der Waals surface area contributed by atoms with Gasteiger partial charge in [-0.2, -0.15) is 17.5 Å². The molecule has 182 valence electrons. The topological polar surface area (TPSA) is 79.5 Å². The fourth-order valence-electron chi connectivity index (χ4n) is 3.74. The molecule has 10 heteroatoms. The maximum Gasteiger partial charge on any atom is 0.417 e. The first-order chi connectivity index (χ1) is 16.6. The zero-order valence-corrected chi connectivity index (χ0v) is 19.4. The second kappa shape index (κ2) is 9.55. The van der Waals surface area contributed by atoms with Crippen LogP contribution in [-0.2, 0) is 29.3 Å². The van der Waals surface area contributed by atoms with Gasteiger partial charge in [0.05, 0.1) is 17.6 Å². The number of hydrogen-bond donors (Lipinski definition) is 1. The molecular formula is C25H21F3N2O4S. The van der Waals surface area contributed by atoms with Crippen molar-refractivity contribution in [1.29, 1.82) is 0 Å². The lowest BCUT2D eigenvalue weighted by Gasteiger charge is -2.24. The number of aromatic nitrogens is 1. The second-order valence-corrected chi connectivity index (χ2v) is 9.74. The molecule has 35 heavy (non-hydrogen) atoms. The first kappa shape index (κ1) is 24.5. The molecule has 1 N–H and O–H groups in total. The highest BCUT2D eigenvalue weighted by molar-refractivity contribution is 7.89. The summed E-state index contributed by atoms with van der Waals surface area (Å²) in [6, 6.07) is 19.0. The summed E-state index contributed by atoms with van der Waals surface area (Å²) in [5.74, 6) is 0.531. The standard InChI is InChI=1S/C25H21F3N2O4S/c1-34-20-11-12-22-18(14-20)13-19(24(31)29-22)16-30(15-17-7-3-2-4-8-17)35(32,33)23-10-6-5-9-21(23)25(26,27)28/h2-14H,15-16H2,1H3,(H,29,31). The number of sulfonamides is 1. The van der Waals surface area contributed by atoms with Crippen LogP contribution in [0.4, 0.5) is 13.2 Å². The molecular weight excluding hydrogens is 481 g/mol. The van der Waals surface area contributed by atoms with Crippen molar-refractivity contribution in [2.24, 2.45) is 0 Å². The molecule has 0 aliphatic heterocycles. The van der Waals surface area contributed by atoms with Gasteiger partial charge in [-0.1, -0.05) is 42.5 Å². The molecule has 0 radical (unpaired) electrons. The number of aromatic amines is 1. The molecule has 0 saturated heterocycles. The minimum absolute atomic E-state index is 0.0785. The summed E-state index contributed by atoms with van der Waals surface area (Å²) >= 11 is 0. The van der Waals surface area contributed by atoms with E-state index in [1.807, 2.05) is 0 Å². The van der Waals surface area contributed by atoms with E-state index >= 15 is 0 Å². The highest BCUT2D eigenvalue weighted by atomic mass is 32.2. The Kier molecular flexibility index (Phi) is 6.68. The number of nitrogens with one attached hydrogen (secondary N) is 1. The van der Waals surface area contributed by atoms with E-state index in [1.54, 1.807) is 48.5 Å². The highest BCUT2D eigenvalue weighted by Gasteiger charge is 2.39. The van der Waals surface area contributed by atoms with Crippen molar-refractivity contribution in [2.75, 3.05) is 7.11 Å². The first-order valence-corrected chi connectivity index (χ1v) is 11.9. The van der Waals surface area contributed by atoms with E-state index in [2.05, 4.69) is 4.98 Å². The van der Waals surface area contributed by atoms with Gasteiger partial charge < -0.3 is 9.72 Å². The third-order valence-electron chi connectivity index (χ3n) is 5.49. The molecule has 1 aromatic heterocycles. The summed E-state index contributed by atoms with van der Waals surface area (Å²) in [5, 5.41) is 0.590. The molecule has 0 aliphatic rings. The van der Waals surface area contributed by atoms with Gasteiger partial charge >= 0.3 is 6.18 Å². The van der Waals surface area contributed by atoms with Gasteiger partial charge in [-0.25, -0.2) is 8.42 Å². The fourth-order valence-corrected chi connectivity index (χ4v) is 5.36. The van der Waals surface area contributed by atoms with Crippen molar-refractivity contribution in [3.63, 3.8) is 0 Å². The minimum Gasteiger partial charge on any atom is -0.497 e. The van der Waals surface area contributed by atoms with Crippen LogP contribution in [0.2, 0.25) is 0 Å².